The second-order valence-electron chi connectivity index (χ2n) is 6.34. The number of thiophene rings is 1. The van der Waals surface area contributed by atoms with Gasteiger partial charge in [-0.3, -0.25) is 4.79 Å². The third-order valence-corrected chi connectivity index (χ3v) is 7.69. The number of benzene rings is 1. The zero-order valence-electron chi connectivity index (χ0n) is 14.9. The Morgan fingerprint density at radius 3 is 2.42 bits per heavy atom. The quantitative estimate of drug-likeness (QED) is 0.755. The van der Waals surface area contributed by atoms with E-state index in [4.69, 9.17) is 0 Å². The number of hydrogen-bond donors (Lipinski definition) is 0. The monoisotopic (exact) mass is 390 g/mol. The van der Waals surface area contributed by atoms with Gasteiger partial charge in [0.05, 0.1) is 0 Å². The summed E-state index contributed by atoms with van der Waals surface area (Å²) in [7, 11) is -3.45. The fraction of sp³-hybridized carbons (Fsp3) is 0.316. The van der Waals surface area contributed by atoms with Gasteiger partial charge in [-0.2, -0.15) is 4.31 Å². The fourth-order valence-corrected chi connectivity index (χ4v) is 5.73. The molecule has 1 aromatic carbocycles. The van der Waals surface area contributed by atoms with E-state index < -0.39 is 10.0 Å². The third-order valence-electron chi connectivity index (χ3n) is 4.32. The lowest BCUT2D eigenvalue weighted by atomic mass is 10.1. The second kappa shape index (κ2) is 7.73. The van der Waals surface area contributed by atoms with Gasteiger partial charge in [-0.25, -0.2) is 8.42 Å². The van der Waals surface area contributed by atoms with Crippen LogP contribution in [0.4, 0.5) is 0 Å². The molecule has 7 heteroatoms. The first-order valence-corrected chi connectivity index (χ1v) is 10.7. The molecule has 1 aliphatic rings. The Morgan fingerprint density at radius 1 is 1.08 bits per heavy atom. The first kappa shape index (κ1) is 18.8. The van der Waals surface area contributed by atoms with E-state index in [1.54, 1.807) is 23.1 Å². The molecule has 0 saturated carbocycles. The summed E-state index contributed by atoms with van der Waals surface area (Å²) in [6.07, 6.45) is 3.36. The Hall–Kier alpha value is -1.96. The van der Waals surface area contributed by atoms with Crippen molar-refractivity contribution in [2.24, 2.45) is 0 Å². The summed E-state index contributed by atoms with van der Waals surface area (Å²) in [4.78, 5) is 15.0. The number of rotatable bonds is 4. The molecular weight excluding hydrogens is 368 g/mol. The summed E-state index contributed by atoms with van der Waals surface area (Å²) >= 11 is 1.28. The summed E-state index contributed by atoms with van der Waals surface area (Å²) in [5.74, 6) is -0.0875. The molecule has 138 valence electrons. The summed E-state index contributed by atoms with van der Waals surface area (Å²) in [5, 5.41) is 0. The average molecular weight is 391 g/mol. The Labute approximate surface area is 158 Å². The van der Waals surface area contributed by atoms with Crippen molar-refractivity contribution in [1.82, 2.24) is 9.21 Å². The van der Waals surface area contributed by atoms with Crippen molar-refractivity contribution in [3.8, 4) is 0 Å². The Balaban J connectivity index is 1.60. The lowest BCUT2D eigenvalue weighted by Gasteiger charge is -2.33. The standard InChI is InChI=1S/C19H22N2O3S2/c1-15-4-3-5-17(14-15)7-8-18(22)20-10-12-21(13-11-20)26(23,24)19-9-6-16(2)25-19/h3-9,14H,10-13H2,1-2H3/b8-7+. The predicted molar refractivity (Wildman–Crippen MR) is 105 cm³/mol. The molecule has 1 saturated heterocycles. The molecule has 2 aromatic rings. The zero-order chi connectivity index (χ0) is 18.7. The summed E-state index contributed by atoms with van der Waals surface area (Å²) in [6.45, 7) is 5.35. The van der Waals surface area contributed by atoms with Crippen LogP contribution in [-0.2, 0) is 14.8 Å². The summed E-state index contributed by atoms with van der Waals surface area (Å²) in [5.41, 5.74) is 2.12. The van der Waals surface area contributed by atoms with Crippen molar-refractivity contribution in [3.63, 3.8) is 0 Å². The van der Waals surface area contributed by atoms with E-state index >= 15 is 0 Å². The van der Waals surface area contributed by atoms with Crippen LogP contribution >= 0.6 is 11.3 Å². The van der Waals surface area contributed by atoms with E-state index in [2.05, 4.69) is 0 Å². The maximum Gasteiger partial charge on any atom is 0.252 e. The smallest absolute Gasteiger partial charge is 0.252 e. The van der Waals surface area contributed by atoms with Gasteiger partial charge in [0.15, 0.2) is 0 Å². The molecule has 1 fully saturated rings. The molecule has 1 amide bonds. The van der Waals surface area contributed by atoms with Crippen LogP contribution < -0.4 is 0 Å². The van der Waals surface area contributed by atoms with Crippen LogP contribution in [0.2, 0.25) is 0 Å². The first-order chi connectivity index (χ1) is 12.4. The SMILES string of the molecule is Cc1cccc(/C=C/C(=O)N2CCN(S(=O)(=O)c3ccc(C)s3)CC2)c1. The molecule has 1 aromatic heterocycles. The Kier molecular flexibility index (Phi) is 5.60. The summed E-state index contributed by atoms with van der Waals surface area (Å²) in [6, 6.07) is 11.4. The first-order valence-electron chi connectivity index (χ1n) is 8.46. The summed E-state index contributed by atoms with van der Waals surface area (Å²) < 4.78 is 27.1. The van der Waals surface area contributed by atoms with Gasteiger partial charge in [-0.05, 0) is 37.6 Å². The zero-order valence-corrected chi connectivity index (χ0v) is 16.5. The van der Waals surface area contributed by atoms with E-state index in [-0.39, 0.29) is 5.91 Å². The van der Waals surface area contributed by atoms with Gasteiger partial charge in [0.1, 0.15) is 4.21 Å². The second-order valence-corrected chi connectivity index (χ2v) is 9.79. The molecule has 5 nitrogen and oxygen atoms in total. The molecule has 0 atom stereocenters. The highest BCUT2D eigenvalue weighted by atomic mass is 32.2. The topological polar surface area (TPSA) is 57.7 Å². The van der Waals surface area contributed by atoms with Crippen molar-refractivity contribution in [2.45, 2.75) is 18.1 Å². The molecule has 0 unspecified atom stereocenters. The number of hydrogen-bond acceptors (Lipinski definition) is 4. The minimum atomic E-state index is -3.45. The van der Waals surface area contributed by atoms with Crippen LogP contribution in [-0.4, -0.2) is 49.7 Å². The third kappa shape index (κ3) is 4.23. The van der Waals surface area contributed by atoms with Gasteiger partial charge in [0.2, 0.25) is 5.91 Å². The highest BCUT2D eigenvalue weighted by Crippen LogP contribution is 2.25. The minimum Gasteiger partial charge on any atom is -0.337 e. The van der Waals surface area contributed by atoms with E-state index in [0.717, 1.165) is 16.0 Å². The van der Waals surface area contributed by atoms with Gasteiger partial charge in [-0.15, -0.1) is 11.3 Å². The number of carbonyl (C=O) groups excluding carboxylic acids is 1. The van der Waals surface area contributed by atoms with Gasteiger partial charge in [0, 0.05) is 37.1 Å². The number of aryl methyl sites for hydroxylation is 2. The molecule has 3 rings (SSSR count). The van der Waals surface area contributed by atoms with E-state index in [0.29, 0.717) is 30.4 Å². The van der Waals surface area contributed by atoms with Gasteiger partial charge < -0.3 is 4.90 Å². The highest BCUT2D eigenvalue weighted by Gasteiger charge is 2.30. The molecular formula is C19H22N2O3S2. The molecule has 0 spiro atoms. The molecule has 0 bridgehead atoms. The minimum absolute atomic E-state index is 0.0875. The van der Waals surface area contributed by atoms with Gasteiger partial charge >= 0.3 is 0 Å². The Bertz CT molecular complexity index is 924. The number of amides is 1. The molecule has 1 aliphatic heterocycles. The average Bonchev–Trinajstić information content (AvgIpc) is 3.07. The number of sulfonamides is 1. The molecule has 26 heavy (non-hydrogen) atoms. The molecule has 0 aliphatic carbocycles. The molecule has 0 N–H and O–H groups in total. The fourth-order valence-electron chi connectivity index (χ4n) is 2.87. The lowest BCUT2D eigenvalue weighted by molar-refractivity contribution is -0.127. The van der Waals surface area contributed by atoms with E-state index in [1.165, 1.54) is 15.6 Å². The maximum absolute atomic E-state index is 12.6. The Morgan fingerprint density at radius 2 is 1.81 bits per heavy atom. The van der Waals surface area contributed by atoms with Crippen LogP contribution in [0.25, 0.3) is 6.08 Å². The predicted octanol–water partition coefficient (Wildman–Crippen LogP) is 2.91. The number of carbonyl (C=O) groups is 1. The van der Waals surface area contributed by atoms with Crippen molar-refractivity contribution >= 4 is 33.3 Å². The van der Waals surface area contributed by atoms with Crippen molar-refractivity contribution in [1.29, 1.82) is 0 Å². The van der Waals surface area contributed by atoms with Crippen molar-refractivity contribution < 1.29 is 13.2 Å². The van der Waals surface area contributed by atoms with Crippen LogP contribution in [0.3, 0.4) is 0 Å². The lowest BCUT2D eigenvalue weighted by Crippen LogP contribution is -2.50. The van der Waals surface area contributed by atoms with Crippen LogP contribution in [0, 0.1) is 13.8 Å². The highest BCUT2D eigenvalue weighted by molar-refractivity contribution is 7.91. The van der Waals surface area contributed by atoms with Crippen molar-refractivity contribution in [3.05, 3.63) is 58.5 Å². The normalized spacial score (nSPS) is 16.3. The molecule has 2 heterocycles. The van der Waals surface area contributed by atoms with E-state index in [9.17, 15) is 13.2 Å². The molecule has 0 radical (unpaired) electrons. The van der Waals surface area contributed by atoms with E-state index in [1.807, 2.05) is 44.2 Å². The van der Waals surface area contributed by atoms with Gasteiger partial charge in [0.25, 0.3) is 10.0 Å². The number of piperazine rings is 1. The van der Waals surface area contributed by atoms with Crippen LogP contribution in [0.5, 0.6) is 0 Å². The maximum atomic E-state index is 12.6. The van der Waals surface area contributed by atoms with Crippen LogP contribution in [0.1, 0.15) is 16.0 Å². The van der Waals surface area contributed by atoms with Gasteiger partial charge in [-0.1, -0.05) is 29.8 Å². The number of nitrogens with zero attached hydrogens (tertiary/aromatic N) is 2. The van der Waals surface area contributed by atoms with Crippen LogP contribution in [0.15, 0.2) is 46.7 Å². The van der Waals surface area contributed by atoms with Crippen molar-refractivity contribution in [2.75, 3.05) is 26.2 Å². The largest absolute Gasteiger partial charge is 0.337 e.